The molecule has 0 amide bonds. The van der Waals surface area contributed by atoms with Crippen LogP contribution in [0.15, 0.2) is 6.07 Å². The Morgan fingerprint density at radius 1 is 1.47 bits per heavy atom. The summed E-state index contributed by atoms with van der Waals surface area (Å²) in [6, 6.07) is 2.08. The fourth-order valence-electron chi connectivity index (χ4n) is 1.93. The zero-order chi connectivity index (χ0) is 12.4. The molecule has 5 heteroatoms. The first kappa shape index (κ1) is 12.1. The molecule has 1 aromatic heterocycles. The van der Waals surface area contributed by atoms with Crippen LogP contribution < -0.4 is 11.1 Å². The lowest BCUT2D eigenvalue weighted by molar-refractivity contribution is 0.121. The van der Waals surface area contributed by atoms with E-state index in [0.717, 1.165) is 24.7 Å². The van der Waals surface area contributed by atoms with E-state index in [-0.39, 0.29) is 12.0 Å². The van der Waals surface area contributed by atoms with Crippen LogP contribution in [0, 0.1) is 0 Å². The number of aromatic nitrogens is 2. The van der Waals surface area contributed by atoms with Gasteiger partial charge in [-0.25, -0.2) is 9.97 Å². The van der Waals surface area contributed by atoms with Crippen molar-refractivity contribution in [3.63, 3.8) is 0 Å². The van der Waals surface area contributed by atoms with E-state index in [1.54, 1.807) is 6.07 Å². The van der Waals surface area contributed by atoms with Gasteiger partial charge in [0, 0.05) is 18.6 Å². The van der Waals surface area contributed by atoms with Crippen molar-refractivity contribution >= 4 is 11.6 Å². The van der Waals surface area contributed by atoms with E-state index >= 15 is 0 Å². The van der Waals surface area contributed by atoms with E-state index in [9.17, 15) is 0 Å². The number of ether oxygens (including phenoxy) is 1. The zero-order valence-corrected chi connectivity index (χ0v) is 10.6. The minimum Gasteiger partial charge on any atom is -0.384 e. The molecule has 0 aliphatic carbocycles. The molecule has 1 saturated heterocycles. The molecule has 1 fully saturated rings. The number of hydrogen-bond donors (Lipinski definition) is 2. The Balaban J connectivity index is 2.15. The summed E-state index contributed by atoms with van der Waals surface area (Å²) in [7, 11) is 0. The van der Waals surface area contributed by atoms with Gasteiger partial charge >= 0.3 is 0 Å². The van der Waals surface area contributed by atoms with Gasteiger partial charge in [-0.1, -0.05) is 13.8 Å². The van der Waals surface area contributed by atoms with Gasteiger partial charge in [0.05, 0.1) is 12.1 Å². The van der Waals surface area contributed by atoms with Crippen LogP contribution in [0.25, 0.3) is 0 Å². The molecule has 0 spiro atoms. The van der Waals surface area contributed by atoms with Crippen molar-refractivity contribution in [1.29, 1.82) is 0 Å². The highest BCUT2D eigenvalue weighted by Crippen LogP contribution is 2.20. The molecule has 2 heterocycles. The topological polar surface area (TPSA) is 73.1 Å². The third-order valence-electron chi connectivity index (χ3n) is 2.99. The number of hydrogen-bond acceptors (Lipinski definition) is 5. The fourth-order valence-corrected chi connectivity index (χ4v) is 1.93. The smallest absolute Gasteiger partial charge is 0.135 e. The highest BCUT2D eigenvalue weighted by Gasteiger charge is 2.24. The number of nitrogens with two attached hydrogens (primary N) is 1. The first-order valence-corrected chi connectivity index (χ1v) is 6.09. The Hall–Kier alpha value is -1.36. The lowest BCUT2D eigenvalue weighted by Gasteiger charge is -2.17. The second-order valence-electron chi connectivity index (χ2n) is 4.81. The van der Waals surface area contributed by atoms with Crippen LogP contribution >= 0.6 is 0 Å². The molecule has 0 saturated carbocycles. The molecule has 5 nitrogen and oxygen atoms in total. The number of anilines is 2. The number of nitrogen functional groups attached to an aromatic ring is 1. The van der Waals surface area contributed by atoms with Crippen molar-refractivity contribution < 1.29 is 4.74 Å². The molecular weight excluding hydrogens is 216 g/mol. The van der Waals surface area contributed by atoms with Crippen LogP contribution in [0.3, 0.4) is 0 Å². The summed E-state index contributed by atoms with van der Waals surface area (Å²) >= 11 is 0. The van der Waals surface area contributed by atoms with Crippen LogP contribution in [0.4, 0.5) is 11.6 Å². The molecule has 1 aliphatic rings. The predicted molar refractivity (Wildman–Crippen MR) is 68.0 cm³/mol. The second-order valence-corrected chi connectivity index (χ2v) is 4.81. The van der Waals surface area contributed by atoms with E-state index in [1.165, 1.54) is 0 Å². The highest BCUT2D eigenvalue weighted by atomic mass is 16.5. The molecule has 0 aromatic carbocycles. The average molecular weight is 236 g/mol. The van der Waals surface area contributed by atoms with Gasteiger partial charge in [0.2, 0.25) is 0 Å². The van der Waals surface area contributed by atoms with Crippen molar-refractivity contribution in [2.24, 2.45) is 0 Å². The van der Waals surface area contributed by atoms with E-state index in [1.807, 2.05) is 0 Å². The summed E-state index contributed by atoms with van der Waals surface area (Å²) in [4.78, 5) is 8.70. The summed E-state index contributed by atoms with van der Waals surface area (Å²) in [5, 5.41) is 3.37. The van der Waals surface area contributed by atoms with Crippen molar-refractivity contribution in [2.75, 3.05) is 17.7 Å². The van der Waals surface area contributed by atoms with Gasteiger partial charge in [-0.3, -0.25) is 0 Å². The predicted octanol–water partition coefficient (Wildman–Crippen LogP) is 1.77. The number of nitrogens with zero attached hydrogens (tertiary/aromatic N) is 2. The van der Waals surface area contributed by atoms with E-state index < -0.39 is 0 Å². The van der Waals surface area contributed by atoms with E-state index in [4.69, 9.17) is 10.5 Å². The summed E-state index contributed by atoms with van der Waals surface area (Å²) in [6.07, 6.45) is 1.22. The molecule has 17 heavy (non-hydrogen) atoms. The largest absolute Gasteiger partial charge is 0.384 e. The van der Waals surface area contributed by atoms with Crippen LogP contribution in [0.1, 0.15) is 38.9 Å². The van der Waals surface area contributed by atoms with Crippen molar-refractivity contribution in [2.45, 2.75) is 45.3 Å². The Labute approximate surface area is 102 Å². The first-order chi connectivity index (χ1) is 8.06. The molecular formula is C12H20N4O. The molecule has 0 radical (unpaired) electrons. The lowest BCUT2D eigenvalue weighted by atomic mass is 10.1. The summed E-state index contributed by atoms with van der Waals surface area (Å²) in [5.74, 6) is 2.36. The van der Waals surface area contributed by atoms with E-state index in [0.29, 0.717) is 11.9 Å². The van der Waals surface area contributed by atoms with Crippen molar-refractivity contribution in [3.05, 3.63) is 11.9 Å². The fraction of sp³-hybridized carbons (Fsp3) is 0.667. The molecule has 0 bridgehead atoms. The summed E-state index contributed by atoms with van der Waals surface area (Å²) in [5.41, 5.74) is 5.78. The molecule has 1 aliphatic heterocycles. The maximum absolute atomic E-state index is 5.78. The molecule has 2 atom stereocenters. The maximum atomic E-state index is 5.78. The summed E-state index contributed by atoms with van der Waals surface area (Å²) < 4.78 is 5.51. The third-order valence-corrected chi connectivity index (χ3v) is 2.99. The normalized spacial score (nSPS) is 24.2. The Kier molecular flexibility index (Phi) is 3.47. The molecule has 2 rings (SSSR count). The lowest BCUT2D eigenvalue weighted by Crippen LogP contribution is -2.27. The van der Waals surface area contributed by atoms with Crippen molar-refractivity contribution in [3.8, 4) is 0 Å². The second kappa shape index (κ2) is 4.87. The maximum Gasteiger partial charge on any atom is 0.135 e. The van der Waals surface area contributed by atoms with Gasteiger partial charge in [-0.05, 0) is 13.3 Å². The summed E-state index contributed by atoms with van der Waals surface area (Å²) in [6.45, 7) is 6.98. The standard InChI is InChI=1S/C12H20N4O/c1-7(2)12-15-10(13)6-11(16-12)14-9-4-5-17-8(9)3/h6-9H,4-5H2,1-3H3,(H3,13,14,15,16). The van der Waals surface area contributed by atoms with Crippen molar-refractivity contribution in [1.82, 2.24) is 9.97 Å². The van der Waals surface area contributed by atoms with Gasteiger partial charge in [-0.2, -0.15) is 0 Å². The van der Waals surface area contributed by atoms with Crippen LogP contribution in [0.5, 0.6) is 0 Å². The van der Waals surface area contributed by atoms with E-state index in [2.05, 4.69) is 36.1 Å². The van der Waals surface area contributed by atoms with Crippen LogP contribution in [-0.4, -0.2) is 28.7 Å². The SMILES string of the molecule is CC(C)c1nc(N)cc(NC2CCOC2C)n1. The molecule has 1 aromatic rings. The van der Waals surface area contributed by atoms with Crippen LogP contribution in [0.2, 0.25) is 0 Å². The monoisotopic (exact) mass is 236 g/mol. The Bertz CT molecular complexity index is 394. The van der Waals surface area contributed by atoms with Gasteiger partial charge in [-0.15, -0.1) is 0 Å². The van der Waals surface area contributed by atoms with Gasteiger partial charge in [0.25, 0.3) is 0 Å². The van der Waals surface area contributed by atoms with Gasteiger partial charge in [0.1, 0.15) is 17.5 Å². The Morgan fingerprint density at radius 3 is 2.82 bits per heavy atom. The molecule has 3 N–H and O–H groups in total. The first-order valence-electron chi connectivity index (χ1n) is 6.09. The zero-order valence-electron chi connectivity index (χ0n) is 10.6. The highest BCUT2D eigenvalue weighted by molar-refractivity contribution is 5.45. The van der Waals surface area contributed by atoms with Gasteiger partial charge in [0.15, 0.2) is 0 Å². The molecule has 2 unspecified atom stereocenters. The number of nitrogens with one attached hydrogen (secondary N) is 1. The minimum atomic E-state index is 0.216. The minimum absolute atomic E-state index is 0.216. The Morgan fingerprint density at radius 2 is 2.24 bits per heavy atom. The van der Waals surface area contributed by atoms with Gasteiger partial charge < -0.3 is 15.8 Å². The quantitative estimate of drug-likeness (QED) is 0.836. The number of rotatable bonds is 3. The molecule has 94 valence electrons. The average Bonchev–Trinajstić information content (AvgIpc) is 2.63. The van der Waals surface area contributed by atoms with Crippen LogP contribution in [-0.2, 0) is 4.74 Å². The third kappa shape index (κ3) is 2.85.